The number of para-hydroxylation sites is 1. The molecule has 0 amide bonds. The molecule has 0 saturated heterocycles. The minimum atomic E-state index is 0.738. The van der Waals surface area contributed by atoms with Crippen LogP contribution in [0, 0.1) is 0 Å². The highest BCUT2D eigenvalue weighted by Gasteiger charge is 2.18. The predicted molar refractivity (Wildman–Crippen MR) is 195 cm³/mol. The molecule has 0 aliphatic heterocycles. The summed E-state index contributed by atoms with van der Waals surface area (Å²) in [5, 5.41) is 12.6. The van der Waals surface area contributed by atoms with E-state index in [-0.39, 0.29) is 0 Å². The fourth-order valence-corrected chi connectivity index (χ4v) is 6.34. The van der Waals surface area contributed by atoms with E-state index in [2.05, 4.69) is 82.8 Å². The number of hydrogen-bond donors (Lipinski definition) is 0. The van der Waals surface area contributed by atoms with Crippen molar-refractivity contribution >= 4 is 21.8 Å². The Morgan fingerprint density at radius 2 is 1.04 bits per heavy atom. The maximum Gasteiger partial charge on any atom is 0.123 e. The van der Waals surface area contributed by atoms with Crippen LogP contribution in [-0.2, 0) is 0 Å². The molecule has 5 heterocycles. The van der Waals surface area contributed by atoms with Gasteiger partial charge in [-0.2, -0.15) is 0 Å². The van der Waals surface area contributed by atoms with Crippen molar-refractivity contribution < 1.29 is 0 Å². The number of benzene rings is 4. The van der Waals surface area contributed by atoms with Crippen molar-refractivity contribution in [2.24, 2.45) is 0 Å². The lowest BCUT2D eigenvalue weighted by Gasteiger charge is -2.11. The Morgan fingerprint density at radius 1 is 0.429 bits per heavy atom. The average Bonchev–Trinajstić information content (AvgIpc) is 3.62. The van der Waals surface area contributed by atoms with Gasteiger partial charge in [0.15, 0.2) is 0 Å². The van der Waals surface area contributed by atoms with Gasteiger partial charge in [-0.05, 0) is 83.1 Å². The molecule has 0 radical (unpaired) electrons. The molecule has 0 bridgehead atoms. The molecule has 7 nitrogen and oxygen atoms in total. The highest BCUT2D eigenvalue weighted by Crippen LogP contribution is 2.36. The van der Waals surface area contributed by atoms with E-state index in [1.54, 1.807) is 17.2 Å². The zero-order chi connectivity index (χ0) is 32.6. The molecule has 7 heteroatoms. The van der Waals surface area contributed by atoms with Crippen LogP contribution >= 0.6 is 0 Å². The second-order valence-electron chi connectivity index (χ2n) is 11.7. The minimum absolute atomic E-state index is 0.738. The largest absolute Gasteiger partial charge is 0.264 e. The second kappa shape index (κ2) is 12.1. The SMILES string of the molecule is c1cncc(-c2cccc(-c3cc(-c4cccc(-c5cccnc5)n4)c4nn(-c5ccccc5-c5cccc6ccccc56)nc4c3)n2)c1. The van der Waals surface area contributed by atoms with E-state index >= 15 is 0 Å². The zero-order valence-electron chi connectivity index (χ0n) is 26.2. The predicted octanol–water partition coefficient (Wildman–Crippen LogP) is 9.49. The first-order valence-corrected chi connectivity index (χ1v) is 16.0. The van der Waals surface area contributed by atoms with Crippen LogP contribution < -0.4 is 0 Å². The molecule has 0 saturated carbocycles. The van der Waals surface area contributed by atoms with Crippen molar-refractivity contribution in [1.82, 2.24) is 34.9 Å². The number of fused-ring (bicyclic) bond motifs is 2. The zero-order valence-corrected chi connectivity index (χ0v) is 26.2. The number of hydrogen-bond acceptors (Lipinski definition) is 6. The molecule has 230 valence electrons. The van der Waals surface area contributed by atoms with Crippen LogP contribution in [-0.4, -0.2) is 34.9 Å². The van der Waals surface area contributed by atoms with Crippen molar-refractivity contribution in [1.29, 1.82) is 0 Å². The smallest absolute Gasteiger partial charge is 0.123 e. The van der Waals surface area contributed by atoms with Crippen LogP contribution in [0.1, 0.15) is 0 Å². The Bertz CT molecular complexity index is 2610. The number of rotatable bonds is 6. The molecule has 49 heavy (non-hydrogen) atoms. The van der Waals surface area contributed by atoms with Gasteiger partial charge in [-0.3, -0.25) is 9.97 Å². The summed E-state index contributed by atoms with van der Waals surface area (Å²) in [5.41, 5.74) is 11.5. The average molecular weight is 630 g/mol. The fourth-order valence-electron chi connectivity index (χ4n) is 6.34. The van der Waals surface area contributed by atoms with Crippen LogP contribution in [0.25, 0.3) is 83.6 Å². The van der Waals surface area contributed by atoms with Gasteiger partial charge in [-0.1, -0.05) is 72.8 Å². The van der Waals surface area contributed by atoms with Crippen molar-refractivity contribution in [3.05, 3.63) is 164 Å². The first-order chi connectivity index (χ1) is 24.3. The van der Waals surface area contributed by atoms with Gasteiger partial charge in [-0.25, -0.2) is 9.97 Å². The first kappa shape index (κ1) is 28.4. The molecule has 0 aliphatic rings. The van der Waals surface area contributed by atoms with Gasteiger partial charge < -0.3 is 0 Å². The third-order valence-electron chi connectivity index (χ3n) is 8.67. The van der Waals surface area contributed by atoms with Crippen LogP contribution in [0.5, 0.6) is 0 Å². The molecule has 0 fully saturated rings. The lowest BCUT2D eigenvalue weighted by atomic mass is 9.97. The minimum Gasteiger partial charge on any atom is -0.264 e. The first-order valence-electron chi connectivity index (χ1n) is 16.0. The van der Waals surface area contributed by atoms with E-state index in [0.29, 0.717) is 0 Å². The van der Waals surface area contributed by atoms with Gasteiger partial charge in [0.05, 0.1) is 28.5 Å². The van der Waals surface area contributed by atoms with Gasteiger partial charge in [0, 0.05) is 52.6 Å². The standard InChI is InChI=1S/C42H27N7/c1-2-14-32-28(10-1)11-5-16-33(32)34-15-3-4-21-41(34)49-47-40-25-31(38-19-6-17-36(45-38)29-12-8-22-43-26-29)24-35(42(40)48-49)39-20-7-18-37(46-39)30-13-9-23-44-27-30/h1-27H. The number of aromatic nitrogens is 7. The summed E-state index contributed by atoms with van der Waals surface area (Å²) >= 11 is 0. The summed E-state index contributed by atoms with van der Waals surface area (Å²) in [7, 11) is 0. The molecule has 4 aromatic carbocycles. The van der Waals surface area contributed by atoms with Crippen LogP contribution in [0.3, 0.4) is 0 Å². The lowest BCUT2D eigenvalue weighted by Crippen LogP contribution is -2.01. The maximum atomic E-state index is 5.15. The number of pyridine rings is 4. The summed E-state index contributed by atoms with van der Waals surface area (Å²) in [6.07, 6.45) is 7.18. The maximum absolute atomic E-state index is 5.15. The summed E-state index contributed by atoms with van der Waals surface area (Å²) in [6, 6.07) is 47.2. The van der Waals surface area contributed by atoms with Gasteiger partial charge in [0.25, 0.3) is 0 Å². The Hall–Kier alpha value is -6.86. The Labute approximate surface area is 282 Å². The van der Waals surface area contributed by atoms with Crippen LogP contribution in [0.2, 0.25) is 0 Å². The van der Waals surface area contributed by atoms with Crippen LogP contribution in [0.4, 0.5) is 0 Å². The van der Waals surface area contributed by atoms with Gasteiger partial charge in [-0.15, -0.1) is 15.0 Å². The molecule has 0 atom stereocenters. The fraction of sp³-hybridized carbons (Fsp3) is 0. The second-order valence-corrected chi connectivity index (χ2v) is 11.7. The third-order valence-corrected chi connectivity index (χ3v) is 8.67. The monoisotopic (exact) mass is 629 g/mol. The molecule has 0 unspecified atom stereocenters. The number of nitrogens with zero attached hydrogens (tertiary/aromatic N) is 7. The molecule has 0 N–H and O–H groups in total. The summed E-state index contributed by atoms with van der Waals surface area (Å²) < 4.78 is 0. The summed E-state index contributed by atoms with van der Waals surface area (Å²) in [6.45, 7) is 0. The highest BCUT2D eigenvalue weighted by molar-refractivity contribution is 5.99. The van der Waals surface area contributed by atoms with E-state index in [1.807, 2.05) is 79.1 Å². The van der Waals surface area contributed by atoms with Crippen molar-refractivity contribution in [3.8, 4) is 61.8 Å². The van der Waals surface area contributed by atoms with E-state index in [9.17, 15) is 0 Å². The molecule has 9 aromatic rings. The Morgan fingerprint density at radius 3 is 1.80 bits per heavy atom. The summed E-state index contributed by atoms with van der Waals surface area (Å²) in [5.74, 6) is 0. The van der Waals surface area contributed by atoms with Crippen LogP contribution in [0.15, 0.2) is 164 Å². The van der Waals surface area contributed by atoms with E-state index in [4.69, 9.17) is 20.2 Å². The van der Waals surface area contributed by atoms with Crippen molar-refractivity contribution in [2.75, 3.05) is 0 Å². The Balaban J connectivity index is 1.25. The van der Waals surface area contributed by atoms with E-state index < -0.39 is 0 Å². The van der Waals surface area contributed by atoms with Gasteiger partial charge in [0.1, 0.15) is 11.0 Å². The lowest BCUT2D eigenvalue weighted by molar-refractivity contribution is 0.767. The molecule has 0 aliphatic carbocycles. The molecule has 9 rings (SSSR count). The quantitative estimate of drug-likeness (QED) is 0.182. The van der Waals surface area contributed by atoms with Crippen molar-refractivity contribution in [3.63, 3.8) is 0 Å². The molecule has 5 aromatic heterocycles. The highest BCUT2D eigenvalue weighted by atomic mass is 15.5. The molecular weight excluding hydrogens is 603 g/mol. The van der Waals surface area contributed by atoms with Gasteiger partial charge >= 0.3 is 0 Å². The Kier molecular flexibility index (Phi) is 6.98. The van der Waals surface area contributed by atoms with E-state index in [0.717, 1.165) is 72.9 Å². The molecule has 0 spiro atoms. The van der Waals surface area contributed by atoms with E-state index in [1.165, 1.54) is 10.8 Å². The van der Waals surface area contributed by atoms with Gasteiger partial charge in [0.2, 0.25) is 0 Å². The third kappa shape index (κ3) is 5.29. The summed E-state index contributed by atoms with van der Waals surface area (Å²) in [4.78, 5) is 20.5. The van der Waals surface area contributed by atoms with Crippen molar-refractivity contribution in [2.45, 2.75) is 0 Å². The normalized spacial score (nSPS) is 11.3. The molecular formula is C42H27N7. The topological polar surface area (TPSA) is 82.3 Å².